The average molecular weight is 497 g/mol. The Bertz CT molecular complexity index is 1400. The van der Waals surface area contributed by atoms with E-state index in [1.54, 1.807) is 24.8 Å². The molecule has 1 saturated heterocycles. The summed E-state index contributed by atoms with van der Waals surface area (Å²) in [6.45, 7) is 2.02. The number of aromatic nitrogens is 2. The first-order valence-corrected chi connectivity index (χ1v) is 12.4. The van der Waals surface area contributed by atoms with Gasteiger partial charge in [0.15, 0.2) is 0 Å². The van der Waals surface area contributed by atoms with Gasteiger partial charge in [-0.1, -0.05) is 72.8 Å². The molecule has 3 heterocycles. The molecule has 0 N–H and O–H groups in total. The van der Waals surface area contributed by atoms with Crippen LogP contribution in [0.25, 0.3) is 0 Å². The zero-order valence-electron chi connectivity index (χ0n) is 20.7. The highest BCUT2D eigenvalue weighted by Gasteiger charge is 2.46. The highest BCUT2D eigenvalue weighted by atomic mass is 16.6. The maximum absolute atomic E-state index is 12.1. The lowest BCUT2D eigenvalue weighted by Crippen LogP contribution is -2.39. The number of benzene rings is 3. The zero-order chi connectivity index (χ0) is 25.4. The SMILES string of the molecule is COc1ccc(C(OC[C@H]2O[C@@H]3C[C@@H]2Oc2nc(=O)c(C)cn23)(c2ccccc2)c2ccccc2)cc1. The van der Waals surface area contributed by atoms with Crippen LogP contribution in [-0.2, 0) is 15.1 Å². The molecule has 0 radical (unpaired) electrons. The first-order chi connectivity index (χ1) is 18.1. The van der Waals surface area contributed by atoms with Gasteiger partial charge in [-0.2, -0.15) is 4.98 Å². The lowest BCUT2D eigenvalue weighted by molar-refractivity contribution is -0.0816. The molecule has 0 amide bonds. The molecule has 2 aliphatic heterocycles. The average Bonchev–Trinajstić information content (AvgIpc) is 3.28. The molecule has 2 bridgehead atoms. The quantitative estimate of drug-likeness (QED) is 0.348. The van der Waals surface area contributed by atoms with Gasteiger partial charge in [0.1, 0.15) is 29.8 Å². The van der Waals surface area contributed by atoms with Gasteiger partial charge >= 0.3 is 6.01 Å². The number of hydrogen-bond donors (Lipinski definition) is 0. The Morgan fingerprint density at radius 2 is 1.57 bits per heavy atom. The number of fused-ring (bicyclic) bond motifs is 4. The van der Waals surface area contributed by atoms with E-state index in [1.807, 2.05) is 60.7 Å². The normalized spacial score (nSPS) is 20.2. The fourth-order valence-electron chi connectivity index (χ4n) is 5.25. The molecule has 2 aliphatic rings. The molecule has 7 nitrogen and oxygen atoms in total. The maximum Gasteiger partial charge on any atom is 0.302 e. The van der Waals surface area contributed by atoms with Gasteiger partial charge in [0.05, 0.1) is 13.7 Å². The van der Waals surface area contributed by atoms with Crippen LogP contribution in [0, 0.1) is 6.92 Å². The highest BCUT2D eigenvalue weighted by molar-refractivity contribution is 5.48. The molecule has 6 rings (SSSR count). The number of hydrogen-bond acceptors (Lipinski definition) is 6. The second-order valence-corrected chi connectivity index (χ2v) is 9.39. The second kappa shape index (κ2) is 9.50. The fraction of sp³-hybridized carbons (Fsp3) is 0.267. The van der Waals surface area contributed by atoms with Crippen LogP contribution in [0.3, 0.4) is 0 Å². The first kappa shape index (κ1) is 23.5. The lowest BCUT2D eigenvalue weighted by atomic mass is 9.80. The Kier molecular flexibility index (Phi) is 6.02. The summed E-state index contributed by atoms with van der Waals surface area (Å²) in [5.74, 6) is 0.774. The standard InChI is InChI=1S/C30H28N2O5/c1-20-18-32-27-17-25(37-29(32)31-28(20)33)26(36-27)19-35-30(21-9-5-3-6-10-21,22-11-7-4-8-12-22)23-13-15-24(34-2)16-14-23/h3-16,18,25-27H,17,19H2,1-2H3/t25-,26+,27+/m0/s1. The summed E-state index contributed by atoms with van der Waals surface area (Å²) in [6.07, 6.45) is 1.56. The van der Waals surface area contributed by atoms with Crippen molar-refractivity contribution >= 4 is 0 Å². The highest BCUT2D eigenvalue weighted by Crippen LogP contribution is 2.43. The van der Waals surface area contributed by atoms with Crippen molar-refractivity contribution in [2.75, 3.05) is 13.7 Å². The Hall–Kier alpha value is -3.94. The molecule has 1 aromatic heterocycles. The molecule has 7 heteroatoms. The minimum atomic E-state index is -0.897. The smallest absolute Gasteiger partial charge is 0.302 e. The molecule has 3 atom stereocenters. The predicted octanol–water partition coefficient (Wildman–Crippen LogP) is 4.62. The molecule has 3 aromatic carbocycles. The topological polar surface area (TPSA) is 71.8 Å². The Morgan fingerprint density at radius 3 is 2.19 bits per heavy atom. The Morgan fingerprint density at radius 1 is 0.946 bits per heavy atom. The van der Waals surface area contributed by atoms with Crippen LogP contribution in [0.5, 0.6) is 11.8 Å². The van der Waals surface area contributed by atoms with Crippen molar-refractivity contribution in [3.05, 3.63) is 124 Å². The number of rotatable bonds is 7. The van der Waals surface area contributed by atoms with E-state index in [0.29, 0.717) is 18.0 Å². The van der Waals surface area contributed by atoms with Crippen LogP contribution in [0.1, 0.15) is 34.9 Å². The van der Waals surface area contributed by atoms with Crippen molar-refractivity contribution in [2.24, 2.45) is 0 Å². The number of methoxy groups -OCH3 is 1. The summed E-state index contributed by atoms with van der Waals surface area (Å²) in [6, 6.07) is 28.7. The lowest BCUT2D eigenvalue weighted by Gasteiger charge is -2.37. The molecular formula is C30H28N2O5. The Labute approximate surface area is 215 Å². The molecule has 37 heavy (non-hydrogen) atoms. The summed E-state index contributed by atoms with van der Waals surface area (Å²) in [5, 5.41) is 0. The fourth-order valence-corrected chi connectivity index (χ4v) is 5.25. The second-order valence-electron chi connectivity index (χ2n) is 9.39. The summed E-state index contributed by atoms with van der Waals surface area (Å²) < 4.78 is 26.7. The van der Waals surface area contributed by atoms with Crippen LogP contribution >= 0.6 is 0 Å². The van der Waals surface area contributed by atoms with Gasteiger partial charge in [0.25, 0.3) is 5.56 Å². The van der Waals surface area contributed by atoms with Gasteiger partial charge in [0.2, 0.25) is 0 Å². The van der Waals surface area contributed by atoms with E-state index < -0.39 is 5.60 Å². The molecule has 4 aromatic rings. The van der Waals surface area contributed by atoms with Crippen molar-refractivity contribution in [3.8, 4) is 11.8 Å². The molecule has 188 valence electrons. The van der Waals surface area contributed by atoms with Gasteiger partial charge in [-0.25, -0.2) is 0 Å². The monoisotopic (exact) mass is 496 g/mol. The van der Waals surface area contributed by atoms with E-state index in [2.05, 4.69) is 29.2 Å². The van der Waals surface area contributed by atoms with Gasteiger partial charge in [-0.05, 0) is 35.7 Å². The van der Waals surface area contributed by atoms with Crippen LogP contribution in [0.4, 0.5) is 0 Å². The van der Waals surface area contributed by atoms with E-state index in [0.717, 1.165) is 22.4 Å². The van der Waals surface area contributed by atoms with Gasteiger partial charge in [-0.3, -0.25) is 9.36 Å². The van der Waals surface area contributed by atoms with Crippen molar-refractivity contribution in [2.45, 2.75) is 37.4 Å². The van der Waals surface area contributed by atoms with Crippen LogP contribution < -0.4 is 15.0 Å². The van der Waals surface area contributed by atoms with Crippen molar-refractivity contribution in [3.63, 3.8) is 0 Å². The van der Waals surface area contributed by atoms with E-state index in [1.165, 1.54) is 0 Å². The molecule has 1 fully saturated rings. The third kappa shape index (κ3) is 4.10. The minimum Gasteiger partial charge on any atom is -0.497 e. The van der Waals surface area contributed by atoms with Crippen molar-refractivity contribution in [1.82, 2.24) is 9.55 Å². The van der Waals surface area contributed by atoms with Crippen LogP contribution in [-0.4, -0.2) is 35.5 Å². The summed E-state index contributed by atoms with van der Waals surface area (Å²) in [4.78, 5) is 16.2. The van der Waals surface area contributed by atoms with E-state index in [4.69, 9.17) is 18.9 Å². The van der Waals surface area contributed by atoms with Gasteiger partial charge < -0.3 is 18.9 Å². The molecule has 0 spiro atoms. The van der Waals surface area contributed by atoms with Gasteiger partial charge in [-0.15, -0.1) is 0 Å². The predicted molar refractivity (Wildman–Crippen MR) is 138 cm³/mol. The van der Waals surface area contributed by atoms with E-state index >= 15 is 0 Å². The zero-order valence-corrected chi connectivity index (χ0v) is 20.7. The van der Waals surface area contributed by atoms with Crippen LogP contribution in [0.15, 0.2) is 95.9 Å². The first-order valence-electron chi connectivity index (χ1n) is 12.4. The van der Waals surface area contributed by atoms with E-state index in [-0.39, 0.29) is 30.6 Å². The molecule has 0 unspecified atom stereocenters. The van der Waals surface area contributed by atoms with Crippen LogP contribution in [0.2, 0.25) is 0 Å². The Balaban J connectivity index is 1.38. The third-order valence-electron chi connectivity index (χ3n) is 7.16. The minimum absolute atomic E-state index is 0.252. The maximum atomic E-state index is 12.1. The largest absolute Gasteiger partial charge is 0.497 e. The number of aryl methyl sites for hydroxylation is 1. The molecule has 0 saturated carbocycles. The summed E-state index contributed by atoms with van der Waals surface area (Å²) in [5.41, 5.74) is 2.34. The molecule has 0 aliphatic carbocycles. The molecular weight excluding hydrogens is 468 g/mol. The summed E-state index contributed by atoms with van der Waals surface area (Å²) >= 11 is 0. The third-order valence-corrected chi connectivity index (χ3v) is 7.16. The summed E-state index contributed by atoms with van der Waals surface area (Å²) in [7, 11) is 1.66. The van der Waals surface area contributed by atoms with Crippen molar-refractivity contribution < 1.29 is 18.9 Å². The van der Waals surface area contributed by atoms with E-state index in [9.17, 15) is 4.79 Å². The number of nitrogens with zero attached hydrogens (tertiary/aromatic N) is 2. The van der Waals surface area contributed by atoms with Crippen molar-refractivity contribution in [1.29, 1.82) is 0 Å². The number of ether oxygens (including phenoxy) is 4. The van der Waals surface area contributed by atoms with Gasteiger partial charge in [0, 0.05) is 18.2 Å².